The van der Waals surface area contributed by atoms with E-state index in [0.29, 0.717) is 11.6 Å². The van der Waals surface area contributed by atoms with Gasteiger partial charge in [-0.2, -0.15) is 0 Å². The monoisotopic (exact) mass is 336 g/mol. The van der Waals surface area contributed by atoms with Crippen LogP contribution in [-0.2, 0) is 0 Å². The lowest BCUT2D eigenvalue weighted by Crippen LogP contribution is -1.99. The first kappa shape index (κ1) is 16.3. The van der Waals surface area contributed by atoms with E-state index in [1.54, 1.807) is 25.3 Å². The number of benzene rings is 2. The summed E-state index contributed by atoms with van der Waals surface area (Å²) < 4.78 is 5.13. The van der Waals surface area contributed by atoms with E-state index in [2.05, 4.69) is 20.6 Å². The number of anilines is 4. The van der Waals surface area contributed by atoms with Gasteiger partial charge >= 0.3 is 5.97 Å². The Labute approximate surface area is 144 Å². The van der Waals surface area contributed by atoms with Gasteiger partial charge in [0, 0.05) is 17.4 Å². The van der Waals surface area contributed by atoms with Gasteiger partial charge < -0.3 is 20.5 Å². The van der Waals surface area contributed by atoms with E-state index in [9.17, 15) is 4.79 Å². The molecule has 0 saturated carbocycles. The minimum Gasteiger partial charge on any atom is -0.497 e. The SMILES string of the molecule is COc1ccc(Nc2cc(Nc3ccc(C(=O)O)cc3)ncn2)cc1. The maximum Gasteiger partial charge on any atom is 0.335 e. The van der Waals surface area contributed by atoms with Gasteiger partial charge in [-0.3, -0.25) is 0 Å². The number of nitrogens with one attached hydrogen (secondary N) is 2. The van der Waals surface area contributed by atoms with E-state index >= 15 is 0 Å². The van der Waals surface area contributed by atoms with E-state index < -0.39 is 5.97 Å². The Balaban J connectivity index is 1.71. The number of nitrogens with zero attached hydrogens (tertiary/aromatic N) is 2. The predicted molar refractivity (Wildman–Crippen MR) is 95.0 cm³/mol. The molecule has 0 saturated heterocycles. The molecule has 7 nitrogen and oxygen atoms in total. The van der Waals surface area contributed by atoms with Crippen LogP contribution in [0.5, 0.6) is 5.75 Å². The molecule has 0 atom stereocenters. The Morgan fingerprint density at radius 1 is 0.920 bits per heavy atom. The summed E-state index contributed by atoms with van der Waals surface area (Å²) in [4.78, 5) is 19.2. The van der Waals surface area contributed by atoms with Gasteiger partial charge in [-0.15, -0.1) is 0 Å². The molecule has 0 fully saturated rings. The van der Waals surface area contributed by atoms with Crippen molar-refractivity contribution in [2.75, 3.05) is 17.7 Å². The first-order valence-electron chi connectivity index (χ1n) is 7.47. The van der Waals surface area contributed by atoms with Crippen LogP contribution in [-0.4, -0.2) is 28.2 Å². The van der Waals surface area contributed by atoms with Crippen LogP contribution >= 0.6 is 0 Å². The Morgan fingerprint density at radius 2 is 1.44 bits per heavy atom. The molecular formula is C18H16N4O3. The van der Waals surface area contributed by atoms with Crippen molar-refractivity contribution in [2.24, 2.45) is 0 Å². The maximum atomic E-state index is 10.9. The maximum absolute atomic E-state index is 10.9. The van der Waals surface area contributed by atoms with Crippen molar-refractivity contribution in [3.05, 3.63) is 66.5 Å². The summed E-state index contributed by atoms with van der Waals surface area (Å²) in [5, 5.41) is 15.2. The first-order chi connectivity index (χ1) is 12.1. The zero-order valence-electron chi connectivity index (χ0n) is 13.4. The number of rotatable bonds is 6. The molecule has 2 aromatic carbocycles. The molecule has 0 aliphatic rings. The fraction of sp³-hybridized carbons (Fsp3) is 0.0556. The van der Waals surface area contributed by atoms with Crippen molar-refractivity contribution in [2.45, 2.75) is 0 Å². The number of aromatic nitrogens is 2. The van der Waals surface area contributed by atoms with E-state index in [4.69, 9.17) is 9.84 Å². The number of ether oxygens (including phenoxy) is 1. The van der Waals surface area contributed by atoms with Crippen LogP contribution < -0.4 is 15.4 Å². The largest absolute Gasteiger partial charge is 0.497 e. The number of carbonyl (C=O) groups is 1. The van der Waals surface area contributed by atoms with Crippen LogP contribution in [0.3, 0.4) is 0 Å². The van der Waals surface area contributed by atoms with Crippen LogP contribution in [0.15, 0.2) is 60.9 Å². The standard InChI is InChI=1S/C18H16N4O3/c1-25-15-8-6-14(7-9-15)22-17-10-16(19-11-20-17)21-13-4-2-12(3-5-13)18(23)24/h2-11H,1H3,(H,23,24)(H2,19,20,21,22). The summed E-state index contributed by atoms with van der Waals surface area (Å²) in [6.07, 6.45) is 1.44. The van der Waals surface area contributed by atoms with E-state index in [1.807, 2.05) is 24.3 Å². The third kappa shape index (κ3) is 4.23. The van der Waals surface area contributed by atoms with Crippen molar-refractivity contribution < 1.29 is 14.6 Å². The molecule has 3 N–H and O–H groups in total. The molecule has 0 radical (unpaired) electrons. The van der Waals surface area contributed by atoms with Gasteiger partial charge in [-0.05, 0) is 48.5 Å². The number of aromatic carboxylic acids is 1. The van der Waals surface area contributed by atoms with Gasteiger partial charge in [-0.1, -0.05) is 0 Å². The molecule has 0 bridgehead atoms. The second-order valence-electron chi connectivity index (χ2n) is 5.15. The second kappa shape index (κ2) is 7.31. The number of carboxylic acid groups (broad SMARTS) is 1. The van der Waals surface area contributed by atoms with Gasteiger partial charge in [0.1, 0.15) is 23.7 Å². The average Bonchev–Trinajstić information content (AvgIpc) is 2.63. The van der Waals surface area contributed by atoms with Crippen molar-refractivity contribution in [1.82, 2.24) is 9.97 Å². The molecule has 0 aliphatic carbocycles. The van der Waals surface area contributed by atoms with Crippen molar-refractivity contribution in [3.8, 4) is 5.75 Å². The Hall–Kier alpha value is -3.61. The molecule has 25 heavy (non-hydrogen) atoms. The van der Waals surface area contributed by atoms with Gasteiger partial charge in [-0.25, -0.2) is 14.8 Å². The predicted octanol–water partition coefficient (Wildman–Crippen LogP) is 3.67. The Kier molecular flexibility index (Phi) is 4.75. The average molecular weight is 336 g/mol. The van der Waals surface area contributed by atoms with Gasteiger partial charge in [0.05, 0.1) is 12.7 Å². The first-order valence-corrected chi connectivity index (χ1v) is 7.47. The lowest BCUT2D eigenvalue weighted by Gasteiger charge is -2.09. The topological polar surface area (TPSA) is 96.4 Å². The summed E-state index contributed by atoms with van der Waals surface area (Å²) in [6, 6.07) is 15.7. The molecular weight excluding hydrogens is 320 g/mol. The lowest BCUT2D eigenvalue weighted by atomic mass is 10.2. The number of methoxy groups -OCH3 is 1. The molecule has 0 unspecified atom stereocenters. The highest BCUT2D eigenvalue weighted by atomic mass is 16.5. The van der Waals surface area contributed by atoms with Crippen molar-refractivity contribution >= 4 is 29.0 Å². The fourth-order valence-electron chi connectivity index (χ4n) is 2.16. The molecule has 7 heteroatoms. The molecule has 3 rings (SSSR count). The summed E-state index contributed by atoms with van der Waals surface area (Å²) in [7, 11) is 1.62. The van der Waals surface area contributed by atoms with E-state index in [0.717, 1.165) is 17.1 Å². The molecule has 3 aromatic rings. The van der Waals surface area contributed by atoms with E-state index in [-0.39, 0.29) is 5.56 Å². The molecule has 126 valence electrons. The van der Waals surface area contributed by atoms with Gasteiger partial charge in [0.25, 0.3) is 0 Å². The molecule has 1 heterocycles. The highest BCUT2D eigenvalue weighted by Crippen LogP contribution is 2.21. The highest BCUT2D eigenvalue weighted by molar-refractivity contribution is 5.88. The molecule has 0 amide bonds. The summed E-state index contributed by atoms with van der Waals surface area (Å²) in [6.45, 7) is 0. The third-order valence-electron chi connectivity index (χ3n) is 3.43. The number of hydrogen-bond donors (Lipinski definition) is 3. The summed E-state index contributed by atoms with van der Waals surface area (Å²) in [5.41, 5.74) is 1.84. The van der Waals surface area contributed by atoms with Crippen LogP contribution in [0.4, 0.5) is 23.0 Å². The normalized spacial score (nSPS) is 10.1. The van der Waals surface area contributed by atoms with Crippen LogP contribution in [0.25, 0.3) is 0 Å². The van der Waals surface area contributed by atoms with Gasteiger partial charge in [0.2, 0.25) is 0 Å². The third-order valence-corrected chi connectivity index (χ3v) is 3.43. The highest BCUT2D eigenvalue weighted by Gasteiger charge is 2.04. The zero-order valence-corrected chi connectivity index (χ0v) is 13.4. The number of hydrogen-bond acceptors (Lipinski definition) is 6. The van der Waals surface area contributed by atoms with Crippen molar-refractivity contribution in [3.63, 3.8) is 0 Å². The lowest BCUT2D eigenvalue weighted by molar-refractivity contribution is 0.0697. The smallest absolute Gasteiger partial charge is 0.335 e. The van der Waals surface area contributed by atoms with Crippen molar-refractivity contribution in [1.29, 1.82) is 0 Å². The minimum atomic E-state index is -0.959. The van der Waals surface area contributed by atoms with E-state index in [1.165, 1.54) is 18.5 Å². The minimum absolute atomic E-state index is 0.232. The second-order valence-corrected chi connectivity index (χ2v) is 5.15. The Morgan fingerprint density at radius 3 is 1.92 bits per heavy atom. The van der Waals surface area contributed by atoms with Crippen LogP contribution in [0.1, 0.15) is 10.4 Å². The molecule has 1 aromatic heterocycles. The van der Waals surface area contributed by atoms with Crippen LogP contribution in [0.2, 0.25) is 0 Å². The fourth-order valence-corrected chi connectivity index (χ4v) is 2.16. The quantitative estimate of drug-likeness (QED) is 0.632. The zero-order chi connectivity index (χ0) is 17.6. The number of carboxylic acids is 1. The Bertz CT molecular complexity index is 864. The molecule has 0 aliphatic heterocycles. The summed E-state index contributed by atoms with van der Waals surface area (Å²) >= 11 is 0. The van der Waals surface area contributed by atoms with Crippen LogP contribution in [0, 0.1) is 0 Å². The van der Waals surface area contributed by atoms with Gasteiger partial charge in [0.15, 0.2) is 0 Å². The molecule has 0 spiro atoms. The summed E-state index contributed by atoms with van der Waals surface area (Å²) in [5.74, 6) is 1.04.